The van der Waals surface area contributed by atoms with Crippen LogP contribution < -0.4 is 0 Å². The fourth-order valence-corrected chi connectivity index (χ4v) is 2.90. The highest BCUT2D eigenvalue weighted by molar-refractivity contribution is 5.26. The minimum absolute atomic E-state index is 0.653. The minimum Gasteiger partial charge on any atom is -0.382 e. The van der Waals surface area contributed by atoms with Crippen molar-refractivity contribution in [3.63, 3.8) is 0 Å². The molecule has 1 fully saturated rings. The van der Waals surface area contributed by atoms with Gasteiger partial charge in [-0.15, -0.1) is 0 Å². The van der Waals surface area contributed by atoms with Crippen molar-refractivity contribution in [3.8, 4) is 0 Å². The second kappa shape index (κ2) is 5.58. The third-order valence-corrected chi connectivity index (χ3v) is 4.43. The molecule has 3 rings (SSSR count). The smallest absolute Gasteiger partial charge is 0.159 e. The van der Waals surface area contributed by atoms with Gasteiger partial charge >= 0.3 is 0 Å². The van der Waals surface area contributed by atoms with Crippen molar-refractivity contribution in [1.29, 1.82) is 0 Å². The summed E-state index contributed by atoms with van der Waals surface area (Å²) in [6.07, 6.45) is 2.95. The molecule has 0 radical (unpaired) electrons. The van der Waals surface area contributed by atoms with Gasteiger partial charge in [0.25, 0.3) is 0 Å². The van der Waals surface area contributed by atoms with Crippen LogP contribution in [0.1, 0.15) is 29.8 Å². The average Bonchev–Trinajstić information content (AvgIpc) is 2.94. The molecule has 112 valence electrons. The van der Waals surface area contributed by atoms with Gasteiger partial charge in [-0.25, -0.2) is 9.67 Å². The van der Waals surface area contributed by atoms with Gasteiger partial charge in [0.15, 0.2) is 5.82 Å². The Morgan fingerprint density at radius 2 is 1.95 bits per heavy atom. The maximum absolute atomic E-state index is 10.9. The van der Waals surface area contributed by atoms with Crippen molar-refractivity contribution in [2.45, 2.75) is 31.9 Å². The topological polar surface area (TPSA) is 54.2 Å². The van der Waals surface area contributed by atoms with E-state index in [1.807, 2.05) is 16.8 Å². The first kappa shape index (κ1) is 14.2. The van der Waals surface area contributed by atoms with Crippen molar-refractivity contribution in [2.75, 3.05) is 20.1 Å². The second-order valence-electron chi connectivity index (χ2n) is 6.00. The van der Waals surface area contributed by atoms with Crippen LogP contribution >= 0.6 is 0 Å². The molecule has 0 aliphatic carbocycles. The zero-order valence-electron chi connectivity index (χ0n) is 12.7. The molecule has 21 heavy (non-hydrogen) atoms. The van der Waals surface area contributed by atoms with Crippen LogP contribution in [0.15, 0.2) is 30.6 Å². The molecule has 0 atom stereocenters. The monoisotopic (exact) mass is 286 g/mol. The number of benzene rings is 1. The lowest BCUT2D eigenvalue weighted by Crippen LogP contribution is -2.42. The van der Waals surface area contributed by atoms with E-state index >= 15 is 0 Å². The molecule has 5 nitrogen and oxygen atoms in total. The third kappa shape index (κ3) is 2.84. The fourth-order valence-electron chi connectivity index (χ4n) is 2.90. The Balaban J connectivity index is 1.86. The molecule has 1 saturated heterocycles. The molecule has 2 heterocycles. The molecule has 5 heteroatoms. The summed E-state index contributed by atoms with van der Waals surface area (Å²) in [7, 11) is 2.08. The summed E-state index contributed by atoms with van der Waals surface area (Å²) in [4.78, 5) is 6.58. The first-order valence-electron chi connectivity index (χ1n) is 7.42. The first-order chi connectivity index (χ1) is 10.1. The van der Waals surface area contributed by atoms with Gasteiger partial charge in [0, 0.05) is 13.1 Å². The van der Waals surface area contributed by atoms with Crippen LogP contribution in [-0.4, -0.2) is 44.9 Å². The number of hydrogen-bond donors (Lipinski definition) is 1. The Hall–Kier alpha value is -1.72. The Kier molecular flexibility index (Phi) is 3.78. The van der Waals surface area contributed by atoms with Crippen molar-refractivity contribution >= 4 is 0 Å². The molecule has 1 aromatic carbocycles. The molecule has 0 spiro atoms. The van der Waals surface area contributed by atoms with E-state index in [1.54, 1.807) is 6.33 Å². The Morgan fingerprint density at radius 3 is 2.67 bits per heavy atom. The van der Waals surface area contributed by atoms with Crippen LogP contribution in [0.4, 0.5) is 0 Å². The largest absolute Gasteiger partial charge is 0.382 e. The highest BCUT2D eigenvalue weighted by atomic mass is 16.3. The lowest BCUT2D eigenvalue weighted by atomic mass is 9.90. The van der Waals surface area contributed by atoms with Gasteiger partial charge in [-0.1, -0.05) is 24.3 Å². The highest BCUT2D eigenvalue weighted by Crippen LogP contribution is 2.31. The van der Waals surface area contributed by atoms with Crippen LogP contribution in [0.25, 0.3) is 0 Å². The van der Waals surface area contributed by atoms with Crippen molar-refractivity contribution in [1.82, 2.24) is 19.7 Å². The lowest BCUT2D eigenvalue weighted by Gasteiger charge is -2.35. The van der Waals surface area contributed by atoms with E-state index in [4.69, 9.17) is 0 Å². The molecular formula is C16H22N4O. The average molecular weight is 286 g/mol. The zero-order valence-corrected chi connectivity index (χ0v) is 12.7. The number of nitrogens with zero attached hydrogens (tertiary/aromatic N) is 4. The fraction of sp³-hybridized carbons (Fsp3) is 0.500. The van der Waals surface area contributed by atoms with Gasteiger partial charge in [-0.3, -0.25) is 0 Å². The zero-order chi connectivity index (χ0) is 14.9. The van der Waals surface area contributed by atoms with Gasteiger partial charge in [-0.2, -0.15) is 5.10 Å². The van der Waals surface area contributed by atoms with Crippen LogP contribution in [0.5, 0.6) is 0 Å². The Bertz CT molecular complexity index is 614. The first-order valence-corrected chi connectivity index (χ1v) is 7.42. The summed E-state index contributed by atoms with van der Waals surface area (Å²) < 4.78 is 1.84. The third-order valence-electron chi connectivity index (χ3n) is 4.43. The van der Waals surface area contributed by atoms with Crippen LogP contribution in [0.2, 0.25) is 0 Å². The molecule has 1 aromatic heterocycles. The summed E-state index contributed by atoms with van der Waals surface area (Å²) in [5.74, 6) is 0.693. The number of likely N-dealkylation sites (tertiary alicyclic amines) is 1. The quantitative estimate of drug-likeness (QED) is 0.930. The Morgan fingerprint density at radius 1 is 1.24 bits per heavy atom. The van der Waals surface area contributed by atoms with Gasteiger partial charge in [-0.05, 0) is 37.9 Å². The SMILES string of the molecule is Cc1ccccc1Cn1ncnc1C1(O)CCN(C)CC1. The van der Waals surface area contributed by atoms with E-state index in [2.05, 4.69) is 41.1 Å². The predicted octanol–water partition coefficient (Wildman–Crippen LogP) is 1.55. The molecule has 0 amide bonds. The number of aryl methyl sites for hydroxylation is 1. The van der Waals surface area contributed by atoms with Crippen molar-refractivity contribution in [3.05, 3.63) is 47.5 Å². The minimum atomic E-state index is -0.855. The molecule has 1 N–H and O–H groups in total. The van der Waals surface area contributed by atoms with E-state index in [0.717, 1.165) is 13.1 Å². The van der Waals surface area contributed by atoms with E-state index in [1.165, 1.54) is 11.1 Å². The van der Waals surface area contributed by atoms with Crippen LogP contribution in [0, 0.1) is 6.92 Å². The van der Waals surface area contributed by atoms with Crippen LogP contribution in [-0.2, 0) is 12.1 Å². The standard InChI is InChI=1S/C16H22N4O/c1-13-5-3-4-6-14(13)11-20-15(17-12-18-20)16(21)7-9-19(2)10-8-16/h3-6,12,21H,7-11H2,1-2H3. The van der Waals surface area contributed by atoms with Gasteiger partial charge < -0.3 is 10.0 Å². The molecule has 1 aliphatic rings. The number of hydrogen-bond acceptors (Lipinski definition) is 4. The maximum atomic E-state index is 10.9. The predicted molar refractivity (Wildman–Crippen MR) is 80.9 cm³/mol. The van der Waals surface area contributed by atoms with E-state index in [0.29, 0.717) is 25.2 Å². The number of piperidine rings is 1. The highest BCUT2D eigenvalue weighted by Gasteiger charge is 2.37. The summed E-state index contributed by atoms with van der Waals surface area (Å²) in [6, 6.07) is 8.25. The molecule has 2 aromatic rings. The maximum Gasteiger partial charge on any atom is 0.159 e. The lowest BCUT2D eigenvalue weighted by molar-refractivity contribution is -0.0308. The van der Waals surface area contributed by atoms with Gasteiger partial charge in [0.2, 0.25) is 0 Å². The summed E-state index contributed by atoms with van der Waals surface area (Å²) in [6.45, 7) is 4.51. The molecule has 0 bridgehead atoms. The normalized spacial score (nSPS) is 18.8. The van der Waals surface area contributed by atoms with E-state index in [-0.39, 0.29) is 0 Å². The number of rotatable bonds is 3. The number of aromatic nitrogens is 3. The van der Waals surface area contributed by atoms with Crippen molar-refractivity contribution in [2.24, 2.45) is 0 Å². The molecule has 0 unspecified atom stereocenters. The molecular weight excluding hydrogens is 264 g/mol. The Labute approximate surface area is 125 Å². The second-order valence-corrected chi connectivity index (χ2v) is 6.00. The summed E-state index contributed by atoms with van der Waals surface area (Å²) in [5, 5.41) is 15.3. The number of aliphatic hydroxyl groups is 1. The van der Waals surface area contributed by atoms with Crippen molar-refractivity contribution < 1.29 is 5.11 Å². The molecule has 1 aliphatic heterocycles. The molecule has 0 saturated carbocycles. The summed E-state index contributed by atoms with van der Waals surface area (Å²) >= 11 is 0. The van der Waals surface area contributed by atoms with Crippen LogP contribution in [0.3, 0.4) is 0 Å². The van der Waals surface area contributed by atoms with E-state index in [9.17, 15) is 5.11 Å². The van der Waals surface area contributed by atoms with Gasteiger partial charge in [0.1, 0.15) is 11.9 Å². The summed E-state index contributed by atoms with van der Waals surface area (Å²) in [5.41, 5.74) is 1.58. The van der Waals surface area contributed by atoms with E-state index < -0.39 is 5.60 Å². The van der Waals surface area contributed by atoms with Gasteiger partial charge in [0.05, 0.1) is 6.54 Å².